The summed E-state index contributed by atoms with van der Waals surface area (Å²) in [5, 5.41) is 4.23. The van der Waals surface area contributed by atoms with Crippen molar-refractivity contribution < 1.29 is 9.53 Å². The zero-order chi connectivity index (χ0) is 14.7. The van der Waals surface area contributed by atoms with E-state index in [9.17, 15) is 4.79 Å². The minimum absolute atomic E-state index is 0.340. The molecule has 1 fully saturated rings. The molecule has 0 spiro atoms. The molecule has 1 aromatic heterocycles. The first-order chi connectivity index (χ1) is 10.2. The lowest BCUT2D eigenvalue weighted by atomic mass is 10.0. The third kappa shape index (κ3) is 3.13. The Balaban J connectivity index is 1.84. The molecular formula is C16H19N3O2. The zero-order valence-electron chi connectivity index (χ0n) is 11.8. The minimum Gasteiger partial charge on any atom is -0.477 e. The lowest BCUT2D eigenvalue weighted by Gasteiger charge is -2.22. The summed E-state index contributed by atoms with van der Waals surface area (Å²) < 4.78 is 5.79. The number of rotatable bonds is 4. The average Bonchev–Trinajstić information content (AvgIpc) is 2.53. The van der Waals surface area contributed by atoms with Crippen LogP contribution in [-0.4, -0.2) is 30.6 Å². The molecule has 21 heavy (non-hydrogen) atoms. The van der Waals surface area contributed by atoms with Gasteiger partial charge in [0.05, 0.1) is 12.1 Å². The van der Waals surface area contributed by atoms with Gasteiger partial charge in [-0.05, 0) is 31.5 Å². The van der Waals surface area contributed by atoms with Crippen molar-refractivity contribution in [2.45, 2.75) is 12.8 Å². The highest BCUT2D eigenvalue weighted by Crippen LogP contribution is 2.23. The Morgan fingerprint density at radius 2 is 2.29 bits per heavy atom. The molecule has 1 amide bonds. The van der Waals surface area contributed by atoms with Crippen molar-refractivity contribution in [3.63, 3.8) is 0 Å². The van der Waals surface area contributed by atoms with E-state index >= 15 is 0 Å². The quantitative estimate of drug-likeness (QED) is 0.896. The van der Waals surface area contributed by atoms with Gasteiger partial charge in [0.25, 0.3) is 5.91 Å². The Labute approximate surface area is 123 Å². The Morgan fingerprint density at radius 3 is 3.05 bits per heavy atom. The second-order valence-electron chi connectivity index (χ2n) is 5.42. The van der Waals surface area contributed by atoms with Gasteiger partial charge >= 0.3 is 0 Å². The fourth-order valence-corrected chi connectivity index (χ4v) is 2.65. The standard InChI is InChI=1S/C16H19N3O2/c17-15(20)13-8-12-5-1-2-6-14(12)19-16(13)21-10-11-4-3-7-18-9-11/h1-2,5-6,8,11,18H,3-4,7,9-10H2,(H2,17,20). The third-order valence-corrected chi connectivity index (χ3v) is 3.81. The molecule has 3 N–H and O–H groups in total. The number of primary amides is 1. The van der Waals surface area contributed by atoms with E-state index in [1.165, 1.54) is 0 Å². The summed E-state index contributed by atoms with van der Waals surface area (Å²) in [5.41, 5.74) is 6.59. The first kappa shape index (κ1) is 13.8. The van der Waals surface area contributed by atoms with E-state index in [2.05, 4.69) is 10.3 Å². The number of ether oxygens (including phenoxy) is 1. The van der Waals surface area contributed by atoms with Crippen LogP contribution in [0.4, 0.5) is 0 Å². The highest BCUT2D eigenvalue weighted by molar-refractivity contribution is 5.98. The van der Waals surface area contributed by atoms with Crippen LogP contribution in [0.15, 0.2) is 30.3 Å². The lowest BCUT2D eigenvalue weighted by molar-refractivity contribution is 0.0994. The smallest absolute Gasteiger partial charge is 0.254 e. The molecule has 2 aromatic rings. The maximum Gasteiger partial charge on any atom is 0.254 e. The Kier molecular flexibility index (Phi) is 4.01. The van der Waals surface area contributed by atoms with Gasteiger partial charge in [0, 0.05) is 17.8 Å². The maximum absolute atomic E-state index is 11.6. The number of benzene rings is 1. The molecule has 1 unspecified atom stereocenters. The minimum atomic E-state index is -0.509. The molecule has 1 aromatic carbocycles. The fraction of sp³-hybridized carbons (Fsp3) is 0.375. The van der Waals surface area contributed by atoms with Gasteiger partial charge in [-0.2, -0.15) is 0 Å². The highest BCUT2D eigenvalue weighted by Gasteiger charge is 2.17. The van der Waals surface area contributed by atoms with Crippen molar-refractivity contribution in [2.75, 3.05) is 19.7 Å². The van der Waals surface area contributed by atoms with Crippen molar-refractivity contribution in [2.24, 2.45) is 11.7 Å². The Morgan fingerprint density at radius 1 is 1.43 bits per heavy atom. The van der Waals surface area contributed by atoms with Gasteiger partial charge in [0.15, 0.2) is 0 Å². The summed E-state index contributed by atoms with van der Waals surface area (Å²) in [6.45, 7) is 2.56. The number of pyridine rings is 1. The second-order valence-corrected chi connectivity index (χ2v) is 5.42. The van der Waals surface area contributed by atoms with E-state index < -0.39 is 5.91 Å². The largest absolute Gasteiger partial charge is 0.477 e. The summed E-state index contributed by atoms with van der Waals surface area (Å²) in [7, 11) is 0. The number of piperidine rings is 1. The number of fused-ring (bicyclic) bond motifs is 1. The van der Waals surface area contributed by atoms with Crippen LogP contribution in [0.5, 0.6) is 5.88 Å². The van der Waals surface area contributed by atoms with Gasteiger partial charge in [-0.1, -0.05) is 18.2 Å². The van der Waals surface area contributed by atoms with Crippen molar-refractivity contribution in [1.82, 2.24) is 10.3 Å². The van der Waals surface area contributed by atoms with Crippen LogP contribution in [0.3, 0.4) is 0 Å². The topological polar surface area (TPSA) is 77.2 Å². The molecule has 0 radical (unpaired) electrons. The summed E-state index contributed by atoms with van der Waals surface area (Å²) in [6, 6.07) is 9.37. The summed E-state index contributed by atoms with van der Waals surface area (Å²) >= 11 is 0. The van der Waals surface area contributed by atoms with Gasteiger partial charge in [0.1, 0.15) is 5.56 Å². The molecular weight excluding hydrogens is 266 g/mol. The molecule has 1 saturated heterocycles. The average molecular weight is 285 g/mol. The van der Waals surface area contributed by atoms with Crippen LogP contribution < -0.4 is 15.8 Å². The van der Waals surface area contributed by atoms with Gasteiger partial charge in [0.2, 0.25) is 5.88 Å². The zero-order valence-corrected chi connectivity index (χ0v) is 11.8. The molecule has 1 aliphatic heterocycles. The number of hydrogen-bond acceptors (Lipinski definition) is 4. The van der Waals surface area contributed by atoms with E-state index in [0.717, 1.165) is 36.8 Å². The molecule has 110 valence electrons. The van der Waals surface area contributed by atoms with Crippen LogP contribution in [0.2, 0.25) is 0 Å². The number of amides is 1. The van der Waals surface area contributed by atoms with Crippen molar-refractivity contribution in [3.8, 4) is 5.88 Å². The number of nitrogens with two attached hydrogens (primary N) is 1. The number of nitrogens with zero attached hydrogens (tertiary/aromatic N) is 1. The highest BCUT2D eigenvalue weighted by atomic mass is 16.5. The number of carbonyl (C=O) groups is 1. The number of carbonyl (C=O) groups excluding carboxylic acids is 1. The molecule has 5 heteroatoms. The van der Waals surface area contributed by atoms with E-state index in [1.807, 2.05) is 24.3 Å². The van der Waals surface area contributed by atoms with Gasteiger partial charge in [-0.15, -0.1) is 0 Å². The fourth-order valence-electron chi connectivity index (χ4n) is 2.65. The summed E-state index contributed by atoms with van der Waals surface area (Å²) in [4.78, 5) is 16.0. The van der Waals surface area contributed by atoms with Crippen molar-refractivity contribution in [3.05, 3.63) is 35.9 Å². The first-order valence-electron chi connectivity index (χ1n) is 7.27. The predicted molar refractivity (Wildman–Crippen MR) is 81.3 cm³/mol. The molecule has 2 heterocycles. The van der Waals surface area contributed by atoms with Crippen LogP contribution in [0.1, 0.15) is 23.2 Å². The molecule has 0 saturated carbocycles. The van der Waals surface area contributed by atoms with E-state index in [1.54, 1.807) is 6.07 Å². The van der Waals surface area contributed by atoms with Crippen LogP contribution in [0.25, 0.3) is 10.9 Å². The molecule has 5 nitrogen and oxygen atoms in total. The molecule has 1 aliphatic rings. The lowest BCUT2D eigenvalue weighted by Crippen LogP contribution is -2.33. The number of aromatic nitrogens is 1. The maximum atomic E-state index is 11.6. The van der Waals surface area contributed by atoms with Gasteiger partial charge in [-0.3, -0.25) is 4.79 Å². The second kappa shape index (κ2) is 6.10. The van der Waals surface area contributed by atoms with Gasteiger partial charge < -0.3 is 15.8 Å². The molecule has 0 bridgehead atoms. The van der Waals surface area contributed by atoms with E-state index in [4.69, 9.17) is 10.5 Å². The number of hydrogen-bond donors (Lipinski definition) is 2. The van der Waals surface area contributed by atoms with Gasteiger partial charge in [-0.25, -0.2) is 4.98 Å². The van der Waals surface area contributed by atoms with Crippen LogP contribution in [0, 0.1) is 5.92 Å². The van der Waals surface area contributed by atoms with E-state index in [0.29, 0.717) is 24.0 Å². The van der Waals surface area contributed by atoms with Crippen molar-refractivity contribution in [1.29, 1.82) is 0 Å². The molecule has 0 aliphatic carbocycles. The summed E-state index contributed by atoms with van der Waals surface area (Å²) in [6.07, 6.45) is 2.29. The summed E-state index contributed by atoms with van der Waals surface area (Å²) in [5.74, 6) is 0.282. The SMILES string of the molecule is NC(=O)c1cc2ccccc2nc1OCC1CCCNC1. The van der Waals surface area contributed by atoms with Crippen LogP contribution in [-0.2, 0) is 0 Å². The Bertz CT molecular complexity index is 651. The molecule has 3 rings (SSSR count). The molecule has 1 atom stereocenters. The Hall–Kier alpha value is -2.14. The predicted octanol–water partition coefficient (Wildman–Crippen LogP) is 1.71. The van der Waals surface area contributed by atoms with E-state index in [-0.39, 0.29) is 0 Å². The monoisotopic (exact) mass is 285 g/mol. The normalized spacial score (nSPS) is 18.6. The third-order valence-electron chi connectivity index (χ3n) is 3.81. The number of para-hydroxylation sites is 1. The van der Waals surface area contributed by atoms with Crippen molar-refractivity contribution >= 4 is 16.8 Å². The number of nitrogens with one attached hydrogen (secondary N) is 1. The van der Waals surface area contributed by atoms with Crippen LogP contribution >= 0.6 is 0 Å². The first-order valence-corrected chi connectivity index (χ1v) is 7.27.